The third-order valence-corrected chi connectivity index (χ3v) is 4.43. The van der Waals surface area contributed by atoms with E-state index < -0.39 is 5.60 Å². The number of thiophene rings is 1. The molecule has 5 heteroatoms. The lowest BCUT2D eigenvalue weighted by Gasteiger charge is -2.27. The fraction of sp³-hybridized carbons (Fsp3) is 0.706. The zero-order valence-electron chi connectivity index (χ0n) is 14.9. The summed E-state index contributed by atoms with van der Waals surface area (Å²) in [5, 5.41) is 3.54. The Morgan fingerprint density at radius 2 is 2.00 bits per heavy atom. The molecular weight excluding hydrogens is 296 g/mol. The van der Waals surface area contributed by atoms with Gasteiger partial charge in [-0.25, -0.2) is 4.79 Å². The average Bonchev–Trinajstić information content (AvgIpc) is 2.80. The lowest BCUT2D eigenvalue weighted by atomic mass is 10.1. The van der Waals surface area contributed by atoms with Crippen LogP contribution in [0.5, 0.6) is 0 Å². The van der Waals surface area contributed by atoms with Crippen LogP contribution in [0.4, 0.5) is 4.79 Å². The molecule has 1 amide bonds. The number of amides is 1. The fourth-order valence-electron chi connectivity index (χ4n) is 2.11. The van der Waals surface area contributed by atoms with Crippen molar-refractivity contribution in [3.05, 3.63) is 21.9 Å². The third-order valence-electron chi connectivity index (χ3n) is 3.25. The highest BCUT2D eigenvalue weighted by Gasteiger charge is 2.21. The summed E-state index contributed by atoms with van der Waals surface area (Å²) in [7, 11) is 1.79. The molecule has 1 aromatic rings. The lowest BCUT2D eigenvalue weighted by Crippen LogP contribution is -2.38. The Balaban J connectivity index is 2.36. The minimum atomic E-state index is -0.446. The molecule has 0 bridgehead atoms. The molecule has 0 aliphatic heterocycles. The number of aryl methyl sites for hydroxylation is 1. The van der Waals surface area contributed by atoms with Gasteiger partial charge in [0.25, 0.3) is 0 Å². The molecule has 2 atom stereocenters. The first-order valence-corrected chi connectivity index (χ1v) is 8.64. The SMILES string of the molecule is Cc1ccc(C(C)NCC(C)CN(C)C(=O)OC(C)(C)C)s1. The molecule has 1 heterocycles. The minimum absolute atomic E-state index is 0.263. The number of hydrogen-bond acceptors (Lipinski definition) is 4. The quantitative estimate of drug-likeness (QED) is 0.851. The lowest BCUT2D eigenvalue weighted by molar-refractivity contribution is 0.0276. The molecule has 0 aromatic carbocycles. The number of carbonyl (C=O) groups excluding carboxylic acids is 1. The van der Waals surface area contributed by atoms with Gasteiger partial charge in [-0.15, -0.1) is 11.3 Å². The second kappa shape index (κ2) is 7.97. The molecule has 22 heavy (non-hydrogen) atoms. The molecular formula is C17H30N2O2S. The van der Waals surface area contributed by atoms with Gasteiger partial charge in [0, 0.05) is 29.4 Å². The zero-order valence-corrected chi connectivity index (χ0v) is 15.7. The van der Waals surface area contributed by atoms with Crippen LogP contribution >= 0.6 is 11.3 Å². The first kappa shape index (κ1) is 19.0. The predicted molar refractivity (Wildman–Crippen MR) is 93.5 cm³/mol. The molecule has 0 aliphatic rings. The first-order valence-electron chi connectivity index (χ1n) is 7.82. The summed E-state index contributed by atoms with van der Waals surface area (Å²) in [6.07, 6.45) is -0.263. The van der Waals surface area contributed by atoms with Crippen molar-refractivity contribution >= 4 is 17.4 Å². The maximum atomic E-state index is 11.9. The molecule has 0 saturated heterocycles. The van der Waals surface area contributed by atoms with Crippen LogP contribution in [0, 0.1) is 12.8 Å². The van der Waals surface area contributed by atoms with Gasteiger partial charge in [0.05, 0.1) is 0 Å². The summed E-state index contributed by atoms with van der Waals surface area (Å²) < 4.78 is 5.37. The molecule has 1 rings (SSSR count). The summed E-state index contributed by atoms with van der Waals surface area (Å²) in [6, 6.07) is 4.67. The minimum Gasteiger partial charge on any atom is -0.444 e. The van der Waals surface area contributed by atoms with Gasteiger partial charge in [-0.3, -0.25) is 0 Å². The number of ether oxygens (including phenoxy) is 1. The molecule has 0 aliphatic carbocycles. The average molecular weight is 327 g/mol. The number of rotatable bonds is 6. The Kier molecular flexibility index (Phi) is 6.88. The number of nitrogens with zero attached hydrogens (tertiary/aromatic N) is 1. The van der Waals surface area contributed by atoms with E-state index in [-0.39, 0.29) is 6.09 Å². The molecule has 2 unspecified atom stereocenters. The van der Waals surface area contributed by atoms with Crippen LogP contribution < -0.4 is 5.32 Å². The van der Waals surface area contributed by atoms with Gasteiger partial charge in [-0.05, 0) is 59.2 Å². The van der Waals surface area contributed by atoms with Gasteiger partial charge >= 0.3 is 6.09 Å². The molecule has 1 N–H and O–H groups in total. The zero-order chi connectivity index (χ0) is 16.9. The highest BCUT2D eigenvalue weighted by molar-refractivity contribution is 7.12. The third kappa shape index (κ3) is 6.79. The van der Waals surface area contributed by atoms with Crippen molar-refractivity contribution in [1.29, 1.82) is 0 Å². The Hall–Kier alpha value is -1.07. The smallest absolute Gasteiger partial charge is 0.410 e. The van der Waals surface area contributed by atoms with Gasteiger partial charge in [-0.1, -0.05) is 6.92 Å². The Bertz CT molecular complexity index is 479. The van der Waals surface area contributed by atoms with Crippen molar-refractivity contribution in [2.45, 2.75) is 53.2 Å². The predicted octanol–water partition coefficient (Wildman–Crippen LogP) is 4.21. The molecule has 126 valence electrons. The topological polar surface area (TPSA) is 41.6 Å². The van der Waals surface area contributed by atoms with Gasteiger partial charge in [0.15, 0.2) is 0 Å². The van der Waals surface area contributed by atoms with Crippen molar-refractivity contribution in [3.8, 4) is 0 Å². The van der Waals surface area contributed by atoms with Crippen LogP contribution in [-0.2, 0) is 4.74 Å². The maximum absolute atomic E-state index is 11.9. The van der Waals surface area contributed by atoms with Crippen molar-refractivity contribution < 1.29 is 9.53 Å². The van der Waals surface area contributed by atoms with Crippen molar-refractivity contribution in [1.82, 2.24) is 10.2 Å². The number of nitrogens with one attached hydrogen (secondary N) is 1. The summed E-state index contributed by atoms with van der Waals surface area (Å²) in [4.78, 5) is 16.3. The van der Waals surface area contributed by atoms with Crippen LogP contribution in [0.3, 0.4) is 0 Å². The van der Waals surface area contributed by atoms with E-state index in [0.29, 0.717) is 18.5 Å². The Morgan fingerprint density at radius 1 is 1.36 bits per heavy atom. The van der Waals surface area contributed by atoms with E-state index in [1.807, 2.05) is 32.1 Å². The van der Waals surface area contributed by atoms with Crippen LogP contribution in [0.25, 0.3) is 0 Å². The summed E-state index contributed by atoms with van der Waals surface area (Å²) in [6.45, 7) is 13.6. The molecule has 0 spiro atoms. The Labute approximate surface area is 138 Å². The van der Waals surface area contributed by atoms with Crippen molar-refractivity contribution in [2.75, 3.05) is 20.1 Å². The normalized spacial score (nSPS) is 14.5. The van der Waals surface area contributed by atoms with Crippen molar-refractivity contribution in [3.63, 3.8) is 0 Å². The standard InChI is InChI=1S/C17H30N2O2S/c1-12(11-19(7)16(20)21-17(4,5)6)10-18-14(3)15-9-8-13(2)22-15/h8-9,12,14,18H,10-11H2,1-7H3. The van der Waals surface area contributed by atoms with Gasteiger partial charge in [-0.2, -0.15) is 0 Å². The second-order valence-electron chi connectivity index (χ2n) is 7.04. The van der Waals surface area contributed by atoms with E-state index in [1.165, 1.54) is 9.75 Å². The van der Waals surface area contributed by atoms with Gasteiger partial charge in [0.2, 0.25) is 0 Å². The molecule has 1 aromatic heterocycles. The van der Waals surface area contributed by atoms with Crippen LogP contribution in [0.15, 0.2) is 12.1 Å². The van der Waals surface area contributed by atoms with E-state index >= 15 is 0 Å². The van der Waals surface area contributed by atoms with E-state index in [9.17, 15) is 4.79 Å². The maximum Gasteiger partial charge on any atom is 0.410 e. The molecule has 0 fully saturated rings. The van der Waals surface area contributed by atoms with E-state index in [0.717, 1.165) is 6.54 Å². The highest BCUT2D eigenvalue weighted by atomic mass is 32.1. The summed E-state index contributed by atoms with van der Waals surface area (Å²) >= 11 is 1.83. The van der Waals surface area contributed by atoms with E-state index in [2.05, 4.69) is 38.2 Å². The van der Waals surface area contributed by atoms with Crippen molar-refractivity contribution in [2.24, 2.45) is 5.92 Å². The second-order valence-corrected chi connectivity index (χ2v) is 8.36. The van der Waals surface area contributed by atoms with Crippen LogP contribution in [0.1, 0.15) is 50.4 Å². The molecule has 4 nitrogen and oxygen atoms in total. The summed E-state index contributed by atoms with van der Waals surface area (Å²) in [5.41, 5.74) is -0.446. The Morgan fingerprint density at radius 3 is 2.50 bits per heavy atom. The van der Waals surface area contributed by atoms with Gasteiger partial charge < -0.3 is 15.0 Å². The molecule has 0 saturated carbocycles. The summed E-state index contributed by atoms with van der Waals surface area (Å²) in [5.74, 6) is 0.362. The van der Waals surface area contributed by atoms with E-state index in [4.69, 9.17) is 4.74 Å². The van der Waals surface area contributed by atoms with Crippen LogP contribution in [-0.4, -0.2) is 36.7 Å². The number of carbonyl (C=O) groups is 1. The largest absolute Gasteiger partial charge is 0.444 e. The monoisotopic (exact) mass is 326 g/mol. The fourth-order valence-corrected chi connectivity index (χ4v) is 3.02. The highest BCUT2D eigenvalue weighted by Crippen LogP contribution is 2.22. The number of hydrogen-bond donors (Lipinski definition) is 1. The first-order chi connectivity index (χ1) is 10.1. The van der Waals surface area contributed by atoms with Gasteiger partial charge in [0.1, 0.15) is 5.60 Å². The van der Waals surface area contributed by atoms with E-state index in [1.54, 1.807) is 11.9 Å². The molecule has 0 radical (unpaired) electrons. The van der Waals surface area contributed by atoms with Crippen LogP contribution in [0.2, 0.25) is 0 Å².